The Morgan fingerprint density at radius 3 is 2.90 bits per heavy atom. The van der Waals surface area contributed by atoms with Crippen LogP contribution in [0.5, 0.6) is 0 Å². The molecule has 10 heavy (non-hydrogen) atoms. The van der Waals surface area contributed by atoms with Gasteiger partial charge >= 0.3 is 0 Å². The van der Waals surface area contributed by atoms with Gasteiger partial charge in [0, 0.05) is 18.8 Å². The minimum atomic E-state index is -0.0186. The highest BCUT2D eigenvalue weighted by Gasteiger charge is 1.93. The summed E-state index contributed by atoms with van der Waals surface area (Å²) in [6, 6.07) is 1.60. The van der Waals surface area contributed by atoms with Gasteiger partial charge < -0.3 is 0 Å². The number of aromatic nitrogens is 2. The summed E-state index contributed by atoms with van der Waals surface area (Å²) in [5.41, 5.74) is 0.947. The van der Waals surface area contributed by atoms with Crippen molar-refractivity contribution in [3.8, 4) is 0 Å². The largest absolute Gasteiger partial charge is 0.288 e. The SMILES string of the molecule is CCc1cc(=O)cnn1C. The number of hydrogen-bond donors (Lipinski definition) is 0. The topological polar surface area (TPSA) is 34.9 Å². The highest BCUT2D eigenvalue weighted by atomic mass is 16.1. The van der Waals surface area contributed by atoms with E-state index in [1.165, 1.54) is 6.20 Å². The van der Waals surface area contributed by atoms with E-state index >= 15 is 0 Å². The molecule has 1 aromatic heterocycles. The second kappa shape index (κ2) is 2.64. The molecule has 0 unspecified atom stereocenters. The number of aryl methyl sites for hydroxylation is 2. The van der Waals surface area contributed by atoms with Crippen LogP contribution in [0.3, 0.4) is 0 Å². The van der Waals surface area contributed by atoms with Crippen molar-refractivity contribution in [3.63, 3.8) is 0 Å². The van der Waals surface area contributed by atoms with Crippen molar-refractivity contribution in [2.45, 2.75) is 13.3 Å². The van der Waals surface area contributed by atoms with E-state index in [1.807, 2.05) is 14.0 Å². The number of nitrogens with zero attached hydrogens (tertiary/aromatic N) is 2. The van der Waals surface area contributed by atoms with Crippen LogP contribution in [0.1, 0.15) is 12.6 Å². The van der Waals surface area contributed by atoms with Crippen LogP contribution in [0.4, 0.5) is 0 Å². The van der Waals surface area contributed by atoms with E-state index in [1.54, 1.807) is 10.7 Å². The van der Waals surface area contributed by atoms with Crippen molar-refractivity contribution in [1.82, 2.24) is 9.78 Å². The molecule has 0 aliphatic carbocycles. The van der Waals surface area contributed by atoms with E-state index in [0.717, 1.165) is 12.1 Å². The molecule has 3 heteroatoms. The molecule has 0 radical (unpaired) electrons. The van der Waals surface area contributed by atoms with Crippen LogP contribution in [0.25, 0.3) is 0 Å². The average Bonchev–Trinajstić information content (AvgIpc) is 1.94. The van der Waals surface area contributed by atoms with Crippen LogP contribution in [-0.4, -0.2) is 9.78 Å². The second-order valence-electron chi connectivity index (χ2n) is 2.16. The maximum atomic E-state index is 10.7. The quantitative estimate of drug-likeness (QED) is 0.561. The Morgan fingerprint density at radius 2 is 2.40 bits per heavy atom. The predicted octanol–water partition coefficient (Wildman–Crippen LogP) is 0.343. The fourth-order valence-electron chi connectivity index (χ4n) is 0.843. The first-order valence-electron chi connectivity index (χ1n) is 3.26. The molecule has 0 N–H and O–H groups in total. The van der Waals surface area contributed by atoms with Gasteiger partial charge in [-0.3, -0.25) is 9.48 Å². The lowest BCUT2D eigenvalue weighted by atomic mass is 10.3. The van der Waals surface area contributed by atoms with E-state index in [9.17, 15) is 4.79 Å². The average molecular weight is 138 g/mol. The lowest BCUT2D eigenvalue weighted by Crippen LogP contribution is -2.11. The van der Waals surface area contributed by atoms with Gasteiger partial charge in [0.1, 0.15) is 0 Å². The first-order chi connectivity index (χ1) is 4.74. The van der Waals surface area contributed by atoms with E-state index in [-0.39, 0.29) is 5.43 Å². The van der Waals surface area contributed by atoms with Gasteiger partial charge in [-0.25, -0.2) is 0 Å². The molecule has 1 heterocycles. The Balaban J connectivity index is 3.22. The summed E-state index contributed by atoms with van der Waals surface area (Å²) < 4.78 is 1.71. The highest BCUT2D eigenvalue weighted by molar-refractivity contribution is 5.00. The molecule has 0 atom stereocenters. The van der Waals surface area contributed by atoms with Crippen LogP contribution >= 0.6 is 0 Å². The van der Waals surface area contributed by atoms with Crippen LogP contribution in [0, 0.1) is 0 Å². The molecule has 1 rings (SSSR count). The Hall–Kier alpha value is -1.12. The van der Waals surface area contributed by atoms with Crippen LogP contribution in [-0.2, 0) is 13.5 Å². The van der Waals surface area contributed by atoms with E-state index < -0.39 is 0 Å². The molecule has 0 spiro atoms. The lowest BCUT2D eigenvalue weighted by Gasteiger charge is -2.01. The molecule has 0 amide bonds. The standard InChI is InChI=1S/C7H10N2O/c1-3-6-4-7(10)5-8-9(6)2/h4-5H,3H2,1-2H3. The van der Waals surface area contributed by atoms with Gasteiger partial charge in [-0.05, 0) is 6.42 Å². The summed E-state index contributed by atoms with van der Waals surface area (Å²) in [6.07, 6.45) is 2.17. The second-order valence-corrected chi connectivity index (χ2v) is 2.16. The fourth-order valence-corrected chi connectivity index (χ4v) is 0.843. The molecule has 1 aromatic rings. The van der Waals surface area contributed by atoms with E-state index in [0.29, 0.717) is 0 Å². The van der Waals surface area contributed by atoms with E-state index in [4.69, 9.17) is 0 Å². The summed E-state index contributed by atoms with van der Waals surface area (Å²) >= 11 is 0. The van der Waals surface area contributed by atoms with Crippen molar-refractivity contribution in [2.24, 2.45) is 7.05 Å². The zero-order valence-electron chi connectivity index (χ0n) is 6.16. The molecule has 54 valence electrons. The Morgan fingerprint density at radius 1 is 1.70 bits per heavy atom. The third-order valence-electron chi connectivity index (χ3n) is 1.44. The summed E-state index contributed by atoms with van der Waals surface area (Å²) in [5, 5.41) is 3.85. The molecule has 0 aliphatic rings. The molecule has 0 saturated carbocycles. The third-order valence-corrected chi connectivity index (χ3v) is 1.44. The van der Waals surface area contributed by atoms with Gasteiger partial charge in [0.05, 0.1) is 6.20 Å². The van der Waals surface area contributed by atoms with Gasteiger partial charge in [-0.2, -0.15) is 5.10 Å². The van der Waals surface area contributed by atoms with Crippen molar-refractivity contribution in [1.29, 1.82) is 0 Å². The monoisotopic (exact) mass is 138 g/mol. The minimum absolute atomic E-state index is 0.0186. The summed E-state index contributed by atoms with van der Waals surface area (Å²) in [4.78, 5) is 10.7. The maximum Gasteiger partial charge on any atom is 0.200 e. The molecular formula is C7H10N2O. The number of hydrogen-bond acceptors (Lipinski definition) is 2. The van der Waals surface area contributed by atoms with Crippen molar-refractivity contribution in [2.75, 3.05) is 0 Å². The summed E-state index contributed by atoms with van der Waals surface area (Å²) in [6.45, 7) is 2.00. The first kappa shape index (κ1) is 6.99. The number of rotatable bonds is 1. The molecule has 0 fully saturated rings. The Bertz CT molecular complexity index is 277. The molecule has 3 nitrogen and oxygen atoms in total. The lowest BCUT2D eigenvalue weighted by molar-refractivity contribution is 0.682. The zero-order chi connectivity index (χ0) is 7.56. The van der Waals surface area contributed by atoms with Crippen molar-refractivity contribution < 1.29 is 0 Å². The molecule has 0 bridgehead atoms. The Kier molecular flexibility index (Phi) is 1.85. The van der Waals surface area contributed by atoms with Gasteiger partial charge in [-0.15, -0.1) is 0 Å². The van der Waals surface area contributed by atoms with Gasteiger partial charge in [-0.1, -0.05) is 6.92 Å². The van der Waals surface area contributed by atoms with Crippen molar-refractivity contribution in [3.05, 3.63) is 28.2 Å². The minimum Gasteiger partial charge on any atom is -0.288 e. The smallest absolute Gasteiger partial charge is 0.200 e. The van der Waals surface area contributed by atoms with Gasteiger partial charge in [0.25, 0.3) is 0 Å². The van der Waals surface area contributed by atoms with Crippen molar-refractivity contribution >= 4 is 0 Å². The van der Waals surface area contributed by atoms with Crippen LogP contribution in [0.2, 0.25) is 0 Å². The fraction of sp³-hybridized carbons (Fsp3) is 0.429. The molecular weight excluding hydrogens is 128 g/mol. The first-order valence-corrected chi connectivity index (χ1v) is 3.26. The van der Waals surface area contributed by atoms with Gasteiger partial charge in [0.2, 0.25) is 0 Å². The zero-order valence-corrected chi connectivity index (χ0v) is 6.16. The van der Waals surface area contributed by atoms with Crippen LogP contribution < -0.4 is 5.43 Å². The normalized spacial score (nSPS) is 9.80. The molecule has 0 aliphatic heterocycles. The van der Waals surface area contributed by atoms with E-state index in [2.05, 4.69) is 5.10 Å². The molecule has 0 aromatic carbocycles. The molecule has 0 saturated heterocycles. The summed E-state index contributed by atoms with van der Waals surface area (Å²) in [5.74, 6) is 0. The summed E-state index contributed by atoms with van der Waals surface area (Å²) in [7, 11) is 1.83. The third kappa shape index (κ3) is 1.23. The predicted molar refractivity (Wildman–Crippen MR) is 38.9 cm³/mol. The maximum absolute atomic E-state index is 10.7. The highest BCUT2D eigenvalue weighted by Crippen LogP contribution is 1.90. The van der Waals surface area contributed by atoms with Crippen LogP contribution in [0.15, 0.2) is 17.1 Å². The van der Waals surface area contributed by atoms with Gasteiger partial charge in [0.15, 0.2) is 5.43 Å². The Labute approximate surface area is 59.3 Å².